The highest BCUT2D eigenvalue weighted by molar-refractivity contribution is 5.85. The zero-order chi connectivity index (χ0) is 13.8. The summed E-state index contributed by atoms with van der Waals surface area (Å²) in [5.74, 6) is -0.726. The van der Waals surface area contributed by atoms with E-state index >= 15 is 0 Å². The second-order valence-electron chi connectivity index (χ2n) is 4.66. The number of hydrogen-bond donors (Lipinski definition) is 2. The summed E-state index contributed by atoms with van der Waals surface area (Å²) >= 11 is 0. The Morgan fingerprint density at radius 2 is 2.42 bits per heavy atom. The molecule has 0 spiro atoms. The van der Waals surface area contributed by atoms with E-state index in [1.807, 2.05) is 7.05 Å². The van der Waals surface area contributed by atoms with Crippen LogP contribution in [0.1, 0.15) is 16.2 Å². The van der Waals surface area contributed by atoms with Crippen molar-refractivity contribution >= 4 is 11.9 Å². The molecule has 1 unspecified atom stereocenters. The lowest BCUT2D eigenvalue weighted by Gasteiger charge is -2.30. The minimum Gasteiger partial charge on any atom is -0.477 e. The molecule has 19 heavy (non-hydrogen) atoms. The molecule has 0 saturated carbocycles. The van der Waals surface area contributed by atoms with E-state index in [1.54, 1.807) is 6.92 Å². The van der Waals surface area contributed by atoms with E-state index in [4.69, 9.17) is 9.84 Å². The molecule has 0 amide bonds. The van der Waals surface area contributed by atoms with E-state index in [9.17, 15) is 4.79 Å². The molecule has 0 radical (unpaired) electrons. The third-order valence-electron chi connectivity index (χ3n) is 2.90. The monoisotopic (exact) mass is 266 g/mol. The Kier molecular flexibility index (Phi) is 4.28. The average molecular weight is 266 g/mol. The Morgan fingerprint density at radius 1 is 1.63 bits per heavy atom. The van der Waals surface area contributed by atoms with Gasteiger partial charge in [-0.3, -0.25) is 0 Å². The summed E-state index contributed by atoms with van der Waals surface area (Å²) in [5, 5.41) is 12.0. The van der Waals surface area contributed by atoms with E-state index in [0.717, 1.165) is 13.1 Å². The molecule has 0 aliphatic carbocycles. The minimum absolute atomic E-state index is 0.00307. The van der Waals surface area contributed by atoms with Crippen LogP contribution in [0.3, 0.4) is 0 Å². The van der Waals surface area contributed by atoms with E-state index in [0.29, 0.717) is 24.8 Å². The third kappa shape index (κ3) is 3.87. The van der Waals surface area contributed by atoms with Crippen molar-refractivity contribution in [2.75, 3.05) is 38.6 Å². The van der Waals surface area contributed by atoms with Gasteiger partial charge in [-0.15, -0.1) is 0 Å². The molecule has 1 aliphatic rings. The van der Waals surface area contributed by atoms with Gasteiger partial charge in [0.05, 0.1) is 12.7 Å². The molecular formula is C12H18N4O3. The lowest BCUT2D eigenvalue weighted by atomic mass is 10.3. The minimum atomic E-state index is -1.05. The summed E-state index contributed by atoms with van der Waals surface area (Å²) in [6.45, 7) is 4.78. The van der Waals surface area contributed by atoms with Crippen molar-refractivity contribution in [3.8, 4) is 0 Å². The molecule has 1 aromatic rings. The van der Waals surface area contributed by atoms with E-state index < -0.39 is 5.97 Å². The van der Waals surface area contributed by atoms with Gasteiger partial charge in [-0.05, 0) is 20.0 Å². The SMILES string of the molecule is Cc1cc(C(=O)O)nc(NCC2CN(C)CCO2)n1. The molecule has 0 bridgehead atoms. The van der Waals surface area contributed by atoms with Crippen LogP contribution in [0.5, 0.6) is 0 Å². The van der Waals surface area contributed by atoms with Gasteiger partial charge in [0.1, 0.15) is 0 Å². The summed E-state index contributed by atoms with van der Waals surface area (Å²) in [4.78, 5) is 21.2. The van der Waals surface area contributed by atoms with Crippen molar-refractivity contribution < 1.29 is 14.6 Å². The number of carboxylic acid groups (broad SMARTS) is 1. The molecule has 104 valence electrons. The van der Waals surface area contributed by atoms with Crippen LogP contribution in [-0.2, 0) is 4.74 Å². The predicted molar refractivity (Wildman–Crippen MR) is 69.5 cm³/mol. The van der Waals surface area contributed by atoms with Gasteiger partial charge in [0, 0.05) is 25.3 Å². The standard InChI is InChI=1S/C12H18N4O3/c1-8-5-10(11(17)18)15-12(14-8)13-6-9-7-16(2)3-4-19-9/h5,9H,3-4,6-7H2,1-2H3,(H,17,18)(H,13,14,15). The van der Waals surface area contributed by atoms with Gasteiger partial charge in [-0.25, -0.2) is 14.8 Å². The number of hydrogen-bond acceptors (Lipinski definition) is 6. The van der Waals surface area contributed by atoms with Crippen molar-refractivity contribution in [2.24, 2.45) is 0 Å². The molecule has 7 nitrogen and oxygen atoms in total. The molecule has 2 rings (SSSR count). The summed E-state index contributed by atoms with van der Waals surface area (Å²) in [5.41, 5.74) is 0.619. The second-order valence-corrected chi connectivity index (χ2v) is 4.66. The van der Waals surface area contributed by atoms with E-state index in [1.165, 1.54) is 6.07 Å². The summed E-state index contributed by atoms with van der Waals surface area (Å²) < 4.78 is 5.60. The van der Waals surface area contributed by atoms with Gasteiger partial charge in [0.15, 0.2) is 5.69 Å². The first-order valence-corrected chi connectivity index (χ1v) is 6.17. The molecule has 2 heterocycles. The third-order valence-corrected chi connectivity index (χ3v) is 2.90. The van der Waals surface area contributed by atoms with Gasteiger partial charge in [0.2, 0.25) is 5.95 Å². The Morgan fingerprint density at radius 3 is 3.11 bits per heavy atom. The molecule has 1 saturated heterocycles. The molecule has 2 N–H and O–H groups in total. The van der Waals surface area contributed by atoms with Gasteiger partial charge in [0.25, 0.3) is 0 Å². The highest BCUT2D eigenvalue weighted by Gasteiger charge is 2.18. The fourth-order valence-corrected chi connectivity index (χ4v) is 1.95. The van der Waals surface area contributed by atoms with Crippen molar-refractivity contribution in [1.82, 2.24) is 14.9 Å². The first-order chi connectivity index (χ1) is 9.04. The quantitative estimate of drug-likeness (QED) is 0.806. The number of ether oxygens (including phenoxy) is 1. The zero-order valence-corrected chi connectivity index (χ0v) is 11.1. The Hall–Kier alpha value is -1.73. The Balaban J connectivity index is 1.97. The van der Waals surface area contributed by atoms with E-state index in [-0.39, 0.29) is 11.8 Å². The average Bonchev–Trinajstić information content (AvgIpc) is 2.36. The number of aromatic carboxylic acids is 1. The van der Waals surface area contributed by atoms with E-state index in [2.05, 4.69) is 20.2 Å². The lowest BCUT2D eigenvalue weighted by Crippen LogP contribution is -2.43. The van der Waals surface area contributed by atoms with Gasteiger partial charge >= 0.3 is 5.97 Å². The van der Waals surface area contributed by atoms with Crippen LogP contribution in [-0.4, -0.2) is 65.3 Å². The molecule has 1 fully saturated rings. The maximum atomic E-state index is 10.9. The molecule has 1 atom stereocenters. The zero-order valence-electron chi connectivity index (χ0n) is 11.1. The van der Waals surface area contributed by atoms with Crippen LogP contribution in [0.4, 0.5) is 5.95 Å². The fraction of sp³-hybridized carbons (Fsp3) is 0.583. The van der Waals surface area contributed by atoms with Crippen LogP contribution >= 0.6 is 0 Å². The number of anilines is 1. The molecule has 0 aromatic carbocycles. The maximum Gasteiger partial charge on any atom is 0.354 e. The highest BCUT2D eigenvalue weighted by Crippen LogP contribution is 2.07. The number of rotatable bonds is 4. The van der Waals surface area contributed by atoms with Crippen LogP contribution in [0.2, 0.25) is 0 Å². The lowest BCUT2D eigenvalue weighted by molar-refractivity contribution is -0.0118. The smallest absolute Gasteiger partial charge is 0.354 e. The fourth-order valence-electron chi connectivity index (χ4n) is 1.95. The number of likely N-dealkylation sites (N-methyl/N-ethyl adjacent to an activating group) is 1. The van der Waals surface area contributed by atoms with Crippen LogP contribution in [0.25, 0.3) is 0 Å². The number of nitrogens with zero attached hydrogens (tertiary/aromatic N) is 3. The van der Waals surface area contributed by atoms with Gasteiger partial charge in [-0.1, -0.05) is 0 Å². The number of carboxylic acids is 1. The predicted octanol–water partition coefficient (Wildman–Crippen LogP) is 0.226. The molecular weight excluding hydrogens is 248 g/mol. The summed E-state index contributed by atoms with van der Waals surface area (Å²) in [6.07, 6.45) is 0.0659. The van der Waals surface area contributed by atoms with Gasteiger partial charge in [-0.2, -0.15) is 0 Å². The second kappa shape index (κ2) is 5.94. The number of morpholine rings is 1. The van der Waals surface area contributed by atoms with Crippen molar-refractivity contribution in [1.29, 1.82) is 0 Å². The molecule has 1 aromatic heterocycles. The van der Waals surface area contributed by atoms with Crippen molar-refractivity contribution in [3.05, 3.63) is 17.5 Å². The Labute approximate surface area is 111 Å². The first-order valence-electron chi connectivity index (χ1n) is 6.17. The van der Waals surface area contributed by atoms with Crippen molar-refractivity contribution in [2.45, 2.75) is 13.0 Å². The van der Waals surface area contributed by atoms with Crippen LogP contribution in [0, 0.1) is 6.92 Å². The molecule has 7 heteroatoms. The molecule has 1 aliphatic heterocycles. The van der Waals surface area contributed by atoms with Crippen molar-refractivity contribution in [3.63, 3.8) is 0 Å². The first kappa shape index (κ1) is 13.7. The largest absolute Gasteiger partial charge is 0.477 e. The highest BCUT2D eigenvalue weighted by atomic mass is 16.5. The number of aryl methyl sites for hydroxylation is 1. The maximum absolute atomic E-state index is 10.9. The van der Waals surface area contributed by atoms with Crippen LogP contribution in [0.15, 0.2) is 6.07 Å². The normalized spacial score (nSPS) is 20.2. The summed E-state index contributed by atoms with van der Waals surface area (Å²) in [7, 11) is 2.04. The number of carbonyl (C=O) groups is 1. The number of aromatic nitrogens is 2. The summed E-state index contributed by atoms with van der Waals surface area (Å²) in [6, 6.07) is 1.44. The van der Waals surface area contributed by atoms with Crippen LogP contribution < -0.4 is 5.32 Å². The topological polar surface area (TPSA) is 87.6 Å². The van der Waals surface area contributed by atoms with Gasteiger partial charge < -0.3 is 20.1 Å². The Bertz CT molecular complexity index is 466. The number of nitrogens with one attached hydrogen (secondary N) is 1.